The van der Waals surface area contributed by atoms with Crippen LogP contribution in [0.2, 0.25) is 0 Å². The molecule has 0 N–H and O–H groups in total. The molecule has 0 saturated heterocycles. The lowest BCUT2D eigenvalue weighted by Crippen LogP contribution is -2.31. The molecule has 0 aromatic carbocycles. The van der Waals surface area contributed by atoms with Crippen LogP contribution in [0.4, 0.5) is 13.2 Å². The molecule has 1 rings (SSSR count). The van der Waals surface area contributed by atoms with Crippen molar-refractivity contribution in [1.29, 1.82) is 0 Å². The molecule has 0 spiro atoms. The Morgan fingerprint density at radius 1 is 1.07 bits per heavy atom. The highest BCUT2D eigenvalue weighted by molar-refractivity contribution is 6.20. The number of hydrogen-bond acceptors (Lipinski definition) is 0. The van der Waals surface area contributed by atoms with Gasteiger partial charge in [0.25, 0.3) is 0 Å². The van der Waals surface area contributed by atoms with Crippen LogP contribution in [0.25, 0.3) is 0 Å². The molecule has 0 radical (unpaired) electrons. The Hall–Kier alpha value is 0.0800. The topological polar surface area (TPSA) is 0 Å². The first-order valence-corrected chi connectivity index (χ1v) is 5.96. The van der Waals surface area contributed by atoms with Gasteiger partial charge in [0.15, 0.2) is 0 Å². The number of rotatable bonds is 2. The second kappa shape index (κ2) is 4.94. The van der Waals surface area contributed by atoms with Crippen molar-refractivity contribution in [3.8, 4) is 0 Å². The van der Waals surface area contributed by atoms with Crippen LogP contribution in [0.15, 0.2) is 0 Å². The monoisotopic (exact) mass is 242 g/mol. The van der Waals surface area contributed by atoms with Gasteiger partial charge in [-0.15, -0.1) is 11.6 Å². The minimum absolute atomic E-state index is 0.0270. The van der Waals surface area contributed by atoms with Gasteiger partial charge in [-0.1, -0.05) is 13.8 Å². The van der Waals surface area contributed by atoms with Crippen molar-refractivity contribution in [2.45, 2.75) is 51.1 Å². The van der Waals surface area contributed by atoms with Crippen LogP contribution in [0.5, 0.6) is 0 Å². The van der Waals surface area contributed by atoms with Crippen molar-refractivity contribution in [2.75, 3.05) is 0 Å². The fourth-order valence-electron chi connectivity index (χ4n) is 2.31. The van der Waals surface area contributed by atoms with Gasteiger partial charge in [0, 0.05) is 5.38 Å². The summed E-state index contributed by atoms with van der Waals surface area (Å²) in [7, 11) is 0. The van der Waals surface area contributed by atoms with Crippen LogP contribution in [-0.4, -0.2) is 11.6 Å². The van der Waals surface area contributed by atoms with Crippen LogP contribution >= 0.6 is 11.6 Å². The molecule has 1 saturated carbocycles. The first-order chi connectivity index (χ1) is 6.82. The Labute approximate surface area is 94.2 Å². The van der Waals surface area contributed by atoms with Crippen molar-refractivity contribution in [1.82, 2.24) is 0 Å². The minimum atomic E-state index is -4.01. The lowest BCUT2D eigenvalue weighted by atomic mass is 9.78. The fraction of sp³-hybridized carbons (Fsp3) is 1.00. The average Bonchev–Trinajstić information content (AvgIpc) is 2.15. The van der Waals surface area contributed by atoms with Gasteiger partial charge in [-0.2, -0.15) is 13.2 Å². The Bertz CT molecular complexity index is 192. The molecule has 1 aliphatic rings. The maximum Gasteiger partial charge on any atom is 0.391 e. The zero-order chi connectivity index (χ0) is 11.6. The molecule has 15 heavy (non-hydrogen) atoms. The summed E-state index contributed by atoms with van der Waals surface area (Å²) in [5.41, 5.74) is 0. The van der Waals surface area contributed by atoms with E-state index in [9.17, 15) is 13.2 Å². The first-order valence-electron chi connectivity index (χ1n) is 5.53. The maximum atomic E-state index is 12.4. The molecule has 0 amide bonds. The van der Waals surface area contributed by atoms with Crippen molar-refractivity contribution < 1.29 is 13.2 Å². The third kappa shape index (κ3) is 3.54. The summed E-state index contributed by atoms with van der Waals surface area (Å²) in [6.45, 7) is 4.04. The zero-order valence-corrected chi connectivity index (χ0v) is 9.91. The summed E-state index contributed by atoms with van der Waals surface area (Å²) in [5.74, 6) is -0.478. The smallest absolute Gasteiger partial charge is 0.171 e. The second-order valence-electron chi connectivity index (χ2n) is 4.84. The molecular weight excluding hydrogens is 225 g/mol. The van der Waals surface area contributed by atoms with Crippen molar-refractivity contribution in [3.05, 3.63) is 0 Å². The zero-order valence-electron chi connectivity index (χ0n) is 9.15. The maximum absolute atomic E-state index is 12.4. The van der Waals surface area contributed by atoms with Crippen LogP contribution in [0, 0.1) is 17.8 Å². The molecule has 90 valence electrons. The Morgan fingerprint density at radius 3 is 1.87 bits per heavy atom. The molecule has 0 nitrogen and oxygen atoms in total. The fourth-order valence-corrected chi connectivity index (χ4v) is 2.56. The van der Waals surface area contributed by atoms with E-state index in [0.29, 0.717) is 18.8 Å². The molecular formula is C11H18ClF3. The van der Waals surface area contributed by atoms with Gasteiger partial charge in [0.05, 0.1) is 5.92 Å². The molecule has 1 fully saturated rings. The Kier molecular flexibility index (Phi) is 4.33. The van der Waals surface area contributed by atoms with Crippen LogP contribution in [-0.2, 0) is 0 Å². The summed E-state index contributed by atoms with van der Waals surface area (Å²) in [4.78, 5) is 0. The lowest BCUT2D eigenvalue weighted by molar-refractivity contribution is -0.184. The van der Waals surface area contributed by atoms with Gasteiger partial charge in [-0.3, -0.25) is 0 Å². The molecule has 0 aliphatic heterocycles. The largest absolute Gasteiger partial charge is 0.391 e. The molecule has 0 aromatic rings. The van der Waals surface area contributed by atoms with Crippen molar-refractivity contribution >= 4 is 11.6 Å². The average molecular weight is 243 g/mol. The van der Waals surface area contributed by atoms with Gasteiger partial charge in [0.1, 0.15) is 0 Å². The molecule has 0 aromatic heterocycles. The highest BCUT2D eigenvalue weighted by atomic mass is 35.5. The summed E-state index contributed by atoms with van der Waals surface area (Å²) in [5, 5.41) is 0.0270. The Balaban J connectivity index is 2.42. The first kappa shape index (κ1) is 13.1. The molecule has 1 aliphatic carbocycles. The summed E-state index contributed by atoms with van der Waals surface area (Å²) < 4.78 is 37.2. The van der Waals surface area contributed by atoms with E-state index in [1.54, 1.807) is 0 Å². The van der Waals surface area contributed by atoms with E-state index in [1.807, 2.05) is 13.8 Å². The van der Waals surface area contributed by atoms with E-state index in [2.05, 4.69) is 0 Å². The minimum Gasteiger partial charge on any atom is -0.171 e. The summed E-state index contributed by atoms with van der Waals surface area (Å²) in [6.07, 6.45) is -2.26. The van der Waals surface area contributed by atoms with Crippen LogP contribution in [0.1, 0.15) is 39.5 Å². The van der Waals surface area contributed by atoms with Crippen LogP contribution in [0.3, 0.4) is 0 Å². The highest BCUT2D eigenvalue weighted by Crippen LogP contribution is 2.42. The normalized spacial score (nSPS) is 30.6. The van der Waals surface area contributed by atoms with Gasteiger partial charge in [-0.05, 0) is 37.5 Å². The molecule has 1 unspecified atom stereocenters. The Morgan fingerprint density at radius 2 is 1.53 bits per heavy atom. The van der Waals surface area contributed by atoms with E-state index in [-0.39, 0.29) is 24.1 Å². The number of hydrogen-bond donors (Lipinski definition) is 0. The van der Waals surface area contributed by atoms with Crippen molar-refractivity contribution in [3.63, 3.8) is 0 Å². The highest BCUT2D eigenvalue weighted by Gasteiger charge is 2.42. The van der Waals surface area contributed by atoms with E-state index in [4.69, 9.17) is 11.6 Å². The molecule has 1 atom stereocenters. The van der Waals surface area contributed by atoms with Crippen molar-refractivity contribution in [2.24, 2.45) is 17.8 Å². The third-order valence-electron chi connectivity index (χ3n) is 3.32. The second-order valence-corrected chi connectivity index (χ2v) is 5.35. The molecule has 0 bridgehead atoms. The lowest BCUT2D eigenvalue weighted by Gasteiger charge is -2.33. The predicted octanol–water partition coefficient (Wildman–Crippen LogP) is 4.62. The van der Waals surface area contributed by atoms with E-state index in [0.717, 1.165) is 0 Å². The van der Waals surface area contributed by atoms with Gasteiger partial charge >= 0.3 is 6.18 Å². The van der Waals surface area contributed by atoms with Gasteiger partial charge in [0.2, 0.25) is 0 Å². The van der Waals surface area contributed by atoms with E-state index < -0.39 is 12.1 Å². The van der Waals surface area contributed by atoms with Gasteiger partial charge < -0.3 is 0 Å². The number of alkyl halides is 4. The quantitative estimate of drug-likeness (QED) is 0.620. The predicted molar refractivity (Wildman–Crippen MR) is 56.0 cm³/mol. The molecule has 4 heteroatoms. The third-order valence-corrected chi connectivity index (χ3v) is 4.18. The van der Waals surface area contributed by atoms with E-state index >= 15 is 0 Å². The standard InChI is InChI=1S/C11H18ClF3/c1-7(2)10(12)8-3-5-9(6-4-8)11(13,14)15/h7-10H,3-6H2,1-2H3. The number of halogens is 4. The summed E-state index contributed by atoms with van der Waals surface area (Å²) >= 11 is 6.18. The SMILES string of the molecule is CC(C)C(Cl)C1CCC(C(F)(F)F)CC1. The van der Waals surface area contributed by atoms with E-state index in [1.165, 1.54) is 0 Å². The molecule has 0 heterocycles. The summed E-state index contributed by atoms with van der Waals surface area (Å²) in [6, 6.07) is 0. The van der Waals surface area contributed by atoms with Crippen LogP contribution < -0.4 is 0 Å². The van der Waals surface area contributed by atoms with Gasteiger partial charge in [-0.25, -0.2) is 0 Å².